The number of aliphatic hydroxyl groups excluding tert-OH is 1. The molecule has 0 amide bonds. The highest BCUT2D eigenvalue weighted by atomic mass is 16.5. The Morgan fingerprint density at radius 2 is 2.27 bits per heavy atom. The summed E-state index contributed by atoms with van der Waals surface area (Å²) in [6.07, 6.45) is 4.77. The molecular weight excluding hydrogens is 144 g/mol. The number of hydrogen-bond acceptors (Lipinski definition) is 3. The molecule has 0 aromatic rings. The molecule has 0 bridgehead atoms. The first-order valence-corrected chi connectivity index (χ1v) is 3.49. The minimum Gasteiger partial charge on any atom is -0.390 e. The third-order valence-corrected chi connectivity index (χ3v) is 1.10. The van der Waals surface area contributed by atoms with E-state index in [1.54, 1.807) is 7.11 Å². The fourth-order valence-electron chi connectivity index (χ4n) is 0.557. The van der Waals surface area contributed by atoms with Gasteiger partial charge in [0, 0.05) is 13.5 Å². The largest absolute Gasteiger partial charge is 0.390 e. The first-order chi connectivity index (χ1) is 5.31. The first kappa shape index (κ1) is 10.4. The van der Waals surface area contributed by atoms with Crippen LogP contribution in [0, 0.1) is 12.3 Å². The number of methoxy groups -OCH3 is 1. The molecule has 0 spiro atoms. The van der Waals surface area contributed by atoms with Gasteiger partial charge in [-0.1, -0.05) is 0 Å². The van der Waals surface area contributed by atoms with Crippen LogP contribution in [0.3, 0.4) is 0 Å². The van der Waals surface area contributed by atoms with Crippen molar-refractivity contribution in [1.29, 1.82) is 0 Å². The molecule has 0 aromatic heterocycles. The Hall–Kier alpha value is -0.560. The molecule has 0 radical (unpaired) electrons. The molecule has 0 saturated heterocycles. The van der Waals surface area contributed by atoms with Crippen molar-refractivity contribution in [1.82, 2.24) is 0 Å². The number of hydrogen-bond donors (Lipinski definition) is 1. The van der Waals surface area contributed by atoms with Gasteiger partial charge in [-0.25, -0.2) is 0 Å². The molecular formula is C8H14O3. The van der Waals surface area contributed by atoms with Gasteiger partial charge in [0.25, 0.3) is 0 Å². The zero-order valence-electron chi connectivity index (χ0n) is 6.75. The van der Waals surface area contributed by atoms with Gasteiger partial charge in [0.1, 0.15) is 0 Å². The van der Waals surface area contributed by atoms with Gasteiger partial charge in [-0.05, 0) is 0 Å². The van der Waals surface area contributed by atoms with E-state index >= 15 is 0 Å². The fourth-order valence-corrected chi connectivity index (χ4v) is 0.557. The molecule has 1 atom stereocenters. The van der Waals surface area contributed by atoms with Crippen LogP contribution in [0.25, 0.3) is 0 Å². The predicted octanol–water partition coefficient (Wildman–Crippen LogP) is 0.0336. The SMILES string of the molecule is C#CCC(O)COCCOC. The third kappa shape index (κ3) is 7.34. The minimum absolute atomic E-state index is 0.285. The summed E-state index contributed by atoms with van der Waals surface area (Å²) in [5, 5.41) is 9.04. The summed E-state index contributed by atoms with van der Waals surface area (Å²) in [5.74, 6) is 2.35. The van der Waals surface area contributed by atoms with Gasteiger partial charge >= 0.3 is 0 Å². The maximum Gasteiger partial charge on any atom is 0.0882 e. The average molecular weight is 158 g/mol. The highest BCUT2D eigenvalue weighted by Gasteiger charge is 2.00. The topological polar surface area (TPSA) is 38.7 Å². The fraction of sp³-hybridized carbons (Fsp3) is 0.750. The van der Waals surface area contributed by atoms with E-state index in [4.69, 9.17) is 21.0 Å². The van der Waals surface area contributed by atoms with Gasteiger partial charge in [-0.15, -0.1) is 12.3 Å². The summed E-state index contributed by atoms with van der Waals surface area (Å²) in [6, 6.07) is 0. The average Bonchev–Trinajstić information content (AvgIpc) is 1.99. The lowest BCUT2D eigenvalue weighted by molar-refractivity contribution is 0.0154. The predicted molar refractivity (Wildman–Crippen MR) is 42.2 cm³/mol. The normalized spacial score (nSPS) is 12.5. The van der Waals surface area contributed by atoms with Crippen LogP contribution in [0.2, 0.25) is 0 Å². The molecule has 0 rings (SSSR count). The number of aliphatic hydroxyl groups is 1. The van der Waals surface area contributed by atoms with E-state index < -0.39 is 6.10 Å². The van der Waals surface area contributed by atoms with E-state index in [9.17, 15) is 0 Å². The molecule has 0 aromatic carbocycles. The van der Waals surface area contributed by atoms with Gasteiger partial charge in [-0.2, -0.15) is 0 Å². The van der Waals surface area contributed by atoms with Crippen LogP contribution in [-0.2, 0) is 9.47 Å². The Morgan fingerprint density at radius 1 is 1.55 bits per heavy atom. The molecule has 64 valence electrons. The van der Waals surface area contributed by atoms with Crippen molar-refractivity contribution in [2.45, 2.75) is 12.5 Å². The summed E-state index contributed by atoms with van der Waals surface area (Å²) in [6.45, 7) is 1.33. The second-order valence-corrected chi connectivity index (χ2v) is 2.13. The van der Waals surface area contributed by atoms with E-state index in [2.05, 4.69) is 5.92 Å². The van der Waals surface area contributed by atoms with Crippen molar-refractivity contribution in [3.63, 3.8) is 0 Å². The summed E-state index contributed by atoms with van der Waals surface area (Å²) in [4.78, 5) is 0. The zero-order valence-corrected chi connectivity index (χ0v) is 6.75. The Labute approximate surface area is 67.3 Å². The van der Waals surface area contributed by atoms with Crippen LogP contribution in [0.5, 0.6) is 0 Å². The molecule has 0 aliphatic carbocycles. The van der Waals surface area contributed by atoms with Crippen LogP contribution in [0.1, 0.15) is 6.42 Å². The molecule has 11 heavy (non-hydrogen) atoms. The van der Waals surface area contributed by atoms with Crippen LogP contribution in [0.15, 0.2) is 0 Å². The highest BCUT2D eigenvalue weighted by Crippen LogP contribution is 1.90. The smallest absolute Gasteiger partial charge is 0.0882 e. The van der Waals surface area contributed by atoms with Crippen molar-refractivity contribution >= 4 is 0 Å². The molecule has 0 aliphatic rings. The lowest BCUT2D eigenvalue weighted by Gasteiger charge is -2.07. The Morgan fingerprint density at radius 3 is 2.82 bits per heavy atom. The van der Waals surface area contributed by atoms with E-state index in [1.165, 1.54) is 0 Å². The number of rotatable bonds is 6. The maximum absolute atomic E-state index is 9.04. The molecule has 0 fully saturated rings. The summed E-state index contributed by atoms with van der Waals surface area (Å²) in [5.41, 5.74) is 0. The number of ether oxygens (including phenoxy) is 2. The molecule has 0 aliphatic heterocycles. The third-order valence-electron chi connectivity index (χ3n) is 1.10. The van der Waals surface area contributed by atoms with Crippen molar-refractivity contribution in [2.75, 3.05) is 26.9 Å². The molecule has 3 heteroatoms. The van der Waals surface area contributed by atoms with Crippen molar-refractivity contribution in [3.8, 4) is 12.3 Å². The number of terminal acetylenes is 1. The van der Waals surface area contributed by atoms with Gasteiger partial charge in [0.15, 0.2) is 0 Å². The van der Waals surface area contributed by atoms with Crippen molar-refractivity contribution in [2.24, 2.45) is 0 Å². The Kier molecular flexibility index (Phi) is 7.16. The van der Waals surface area contributed by atoms with E-state index in [1.807, 2.05) is 0 Å². The van der Waals surface area contributed by atoms with Crippen molar-refractivity contribution in [3.05, 3.63) is 0 Å². The van der Waals surface area contributed by atoms with Crippen LogP contribution < -0.4 is 0 Å². The van der Waals surface area contributed by atoms with Gasteiger partial charge in [0.05, 0.1) is 25.9 Å². The Bertz CT molecular complexity index is 117. The summed E-state index contributed by atoms with van der Waals surface area (Å²) >= 11 is 0. The Balaban J connectivity index is 3.05. The van der Waals surface area contributed by atoms with E-state index in [-0.39, 0.29) is 6.61 Å². The van der Waals surface area contributed by atoms with Gasteiger partial charge < -0.3 is 14.6 Å². The second-order valence-electron chi connectivity index (χ2n) is 2.13. The first-order valence-electron chi connectivity index (χ1n) is 3.49. The monoisotopic (exact) mass is 158 g/mol. The van der Waals surface area contributed by atoms with E-state index in [0.29, 0.717) is 19.6 Å². The molecule has 0 saturated carbocycles. The van der Waals surface area contributed by atoms with Gasteiger partial charge in [0.2, 0.25) is 0 Å². The van der Waals surface area contributed by atoms with Crippen LogP contribution >= 0.6 is 0 Å². The van der Waals surface area contributed by atoms with Crippen LogP contribution in [0.4, 0.5) is 0 Å². The maximum atomic E-state index is 9.04. The summed E-state index contributed by atoms with van der Waals surface area (Å²) in [7, 11) is 1.60. The summed E-state index contributed by atoms with van der Waals surface area (Å²) < 4.78 is 9.75. The second kappa shape index (κ2) is 7.55. The van der Waals surface area contributed by atoms with Gasteiger partial charge in [-0.3, -0.25) is 0 Å². The highest BCUT2D eigenvalue weighted by molar-refractivity contribution is 4.86. The van der Waals surface area contributed by atoms with Crippen molar-refractivity contribution < 1.29 is 14.6 Å². The standard InChI is InChI=1S/C8H14O3/c1-3-4-8(9)7-11-6-5-10-2/h1,8-9H,4-7H2,2H3. The minimum atomic E-state index is -0.545. The van der Waals surface area contributed by atoms with E-state index in [0.717, 1.165) is 0 Å². The van der Waals surface area contributed by atoms with Crippen LogP contribution in [-0.4, -0.2) is 38.1 Å². The quantitative estimate of drug-likeness (QED) is 0.438. The lowest BCUT2D eigenvalue weighted by atomic mass is 10.3. The molecule has 0 heterocycles. The lowest BCUT2D eigenvalue weighted by Crippen LogP contribution is -2.16. The zero-order chi connectivity index (χ0) is 8.53. The molecule has 1 unspecified atom stereocenters. The molecule has 3 nitrogen and oxygen atoms in total. The molecule has 1 N–H and O–H groups in total.